The van der Waals surface area contributed by atoms with Crippen LogP contribution in [0.15, 0.2) is 31.4 Å². The van der Waals surface area contributed by atoms with Gasteiger partial charge in [-0.25, -0.2) is 0 Å². The van der Waals surface area contributed by atoms with Crippen LogP contribution in [0.4, 0.5) is 0 Å². The number of aryl methyl sites for hydroxylation is 2. The lowest BCUT2D eigenvalue weighted by Gasteiger charge is -2.16. The second-order valence-electron chi connectivity index (χ2n) is 4.48. The van der Waals surface area contributed by atoms with Crippen LogP contribution in [0.3, 0.4) is 0 Å². The Balaban J connectivity index is 0.000000659. The summed E-state index contributed by atoms with van der Waals surface area (Å²) >= 11 is 0. The highest BCUT2D eigenvalue weighted by Gasteiger charge is 2.24. The summed E-state index contributed by atoms with van der Waals surface area (Å²) in [5.41, 5.74) is 4.32. The molecule has 1 aliphatic rings. The molecule has 0 amide bonds. The second-order valence-corrected chi connectivity index (χ2v) is 4.48. The van der Waals surface area contributed by atoms with Crippen molar-refractivity contribution in [2.45, 2.75) is 53.0 Å². The molecular formula is C17H29N. The standard InChI is InChI=1S/C13H19N.C2H6.C2H4/c1-9-4-5-12(8-10(9)2)13-6-7-14-11(13)3;2*1-2/h4-5,8,11,13-14H,6-7H2,1-3H3;1-2H3;1-2H2/t11-,13?;;/m1../s1. The zero-order valence-electron chi connectivity index (χ0n) is 12.7. The number of nitrogens with one attached hydrogen (secondary N) is 1. The van der Waals surface area contributed by atoms with Gasteiger partial charge in [0.25, 0.3) is 0 Å². The molecule has 0 aliphatic carbocycles. The van der Waals surface area contributed by atoms with Crippen LogP contribution in [0.1, 0.15) is 49.8 Å². The smallest absolute Gasteiger partial charge is 0.0108 e. The largest absolute Gasteiger partial charge is 0.314 e. The van der Waals surface area contributed by atoms with Crippen LogP contribution in [0, 0.1) is 13.8 Å². The molecule has 1 aromatic rings. The van der Waals surface area contributed by atoms with Gasteiger partial charge >= 0.3 is 0 Å². The molecule has 1 aromatic carbocycles. The summed E-state index contributed by atoms with van der Waals surface area (Å²) in [4.78, 5) is 0. The van der Waals surface area contributed by atoms with E-state index in [1.165, 1.54) is 29.7 Å². The third-order valence-electron chi connectivity index (χ3n) is 3.48. The molecule has 102 valence electrons. The summed E-state index contributed by atoms with van der Waals surface area (Å²) in [6.45, 7) is 17.8. The SMILES string of the molecule is C=C.CC.Cc1ccc(C2CCN[C@@H]2C)cc1C. The minimum Gasteiger partial charge on any atom is -0.314 e. The van der Waals surface area contributed by atoms with E-state index in [1.807, 2.05) is 13.8 Å². The Hall–Kier alpha value is -1.08. The number of rotatable bonds is 1. The number of hydrogen-bond donors (Lipinski definition) is 1. The topological polar surface area (TPSA) is 12.0 Å². The first kappa shape index (κ1) is 16.9. The molecule has 0 spiro atoms. The van der Waals surface area contributed by atoms with Gasteiger partial charge in [-0.15, -0.1) is 13.2 Å². The van der Waals surface area contributed by atoms with Crippen LogP contribution in [0.2, 0.25) is 0 Å². The van der Waals surface area contributed by atoms with Gasteiger partial charge < -0.3 is 5.32 Å². The van der Waals surface area contributed by atoms with Gasteiger partial charge in [0.1, 0.15) is 0 Å². The van der Waals surface area contributed by atoms with Crippen LogP contribution < -0.4 is 5.32 Å². The Bertz CT molecular complexity index is 343. The van der Waals surface area contributed by atoms with Gasteiger partial charge in [0.2, 0.25) is 0 Å². The molecule has 0 aromatic heterocycles. The minimum atomic E-state index is 0.636. The van der Waals surface area contributed by atoms with Crippen molar-refractivity contribution in [3.8, 4) is 0 Å². The molecule has 0 saturated carbocycles. The Labute approximate surface area is 113 Å². The fourth-order valence-corrected chi connectivity index (χ4v) is 2.31. The van der Waals surface area contributed by atoms with Crippen molar-refractivity contribution >= 4 is 0 Å². The zero-order valence-corrected chi connectivity index (χ0v) is 12.7. The van der Waals surface area contributed by atoms with Crippen molar-refractivity contribution in [1.29, 1.82) is 0 Å². The maximum atomic E-state index is 3.50. The number of hydrogen-bond acceptors (Lipinski definition) is 1. The van der Waals surface area contributed by atoms with Gasteiger partial charge in [-0.3, -0.25) is 0 Å². The molecule has 1 saturated heterocycles. The fourth-order valence-electron chi connectivity index (χ4n) is 2.31. The molecule has 2 atom stereocenters. The van der Waals surface area contributed by atoms with Crippen LogP contribution in [-0.4, -0.2) is 12.6 Å². The Morgan fingerprint density at radius 1 is 1.11 bits per heavy atom. The molecule has 1 aliphatic heterocycles. The van der Waals surface area contributed by atoms with Crippen molar-refractivity contribution in [2.75, 3.05) is 6.54 Å². The molecule has 0 bridgehead atoms. The van der Waals surface area contributed by atoms with Crippen LogP contribution in [-0.2, 0) is 0 Å². The quantitative estimate of drug-likeness (QED) is 0.715. The van der Waals surface area contributed by atoms with Crippen LogP contribution in [0.5, 0.6) is 0 Å². The first-order valence-corrected chi connectivity index (χ1v) is 6.99. The van der Waals surface area contributed by atoms with E-state index >= 15 is 0 Å². The summed E-state index contributed by atoms with van der Waals surface area (Å²) in [5.74, 6) is 0.717. The summed E-state index contributed by atoms with van der Waals surface area (Å²) < 4.78 is 0. The lowest BCUT2D eigenvalue weighted by Crippen LogP contribution is -2.21. The lowest BCUT2D eigenvalue weighted by molar-refractivity contribution is 0.594. The number of benzene rings is 1. The van der Waals surface area contributed by atoms with Crippen molar-refractivity contribution in [3.05, 3.63) is 48.0 Å². The van der Waals surface area contributed by atoms with E-state index in [9.17, 15) is 0 Å². The monoisotopic (exact) mass is 247 g/mol. The Kier molecular flexibility index (Phi) is 8.40. The predicted molar refractivity (Wildman–Crippen MR) is 83.3 cm³/mol. The molecule has 1 nitrogen and oxygen atoms in total. The normalized spacial score (nSPS) is 21.4. The van der Waals surface area contributed by atoms with E-state index < -0.39 is 0 Å². The van der Waals surface area contributed by atoms with Gasteiger partial charge in [-0.2, -0.15) is 0 Å². The van der Waals surface area contributed by atoms with E-state index in [4.69, 9.17) is 0 Å². The predicted octanol–water partition coefficient (Wildman–Crippen LogP) is 4.60. The van der Waals surface area contributed by atoms with Gasteiger partial charge in [-0.1, -0.05) is 32.0 Å². The van der Waals surface area contributed by atoms with E-state index in [0.29, 0.717) is 12.0 Å². The van der Waals surface area contributed by atoms with Crippen LogP contribution >= 0.6 is 0 Å². The maximum Gasteiger partial charge on any atom is 0.0108 e. The Morgan fingerprint density at radius 2 is 1.72 bits per heavy atom. The van der Waals surface area contributed by atoms with Crippen molar-refractivity contribution in [2.24, 2.45) is 0 Å². The summed E-state index contributed by atoms with van der Waals surface area (Å²) in [6, 6.07) is 7.52. The third kappa shape index (κ3) is 4.30. The molecular weight excluding hydrogens is 218 g/mol. The van der Waals surface area contributed by atoms with E-state index in [1.54, 1.807) is 0 Å². The summed E-state index contributed by atoms with van der Waals surface area (Å²) in [6.07, 6.45) is 1.28. The van der Waals surface area contributed by atoms with E-state index in [2.05, 4.69) is 57.4 Å². The van der Waals surface area contributed by atoms with Gasteiger partial charge in [0.15, 0.2) is 0 Å². The van der Waals surface area contributed by atoms with Crippen molar-refractivity contribution < 1.29 is 0 Å². The molecule has 1 unspecified atom stereocenters. The molecule has 1 fully saturated rings. The van der Waals surface area contributed by atoms with Gasteiger partial charge in [0, 0.05) is 12.0 Å². The second kappa shape index (κ2) is 8.93. The highest BCUT2D eigenvalue weighted by atomic mass is 14.9. The van der Waals surface area contributed by atoms with Crippen LogP contribution in [0.25, 0.3) is 0 Å². The zero-order chi connectivity index (χ0) is 14.1. The summed E-state index contributed by atoms with van der Waals surface area (Å²) in [7, 11) is 0. The molecule has 1 N–H and O–H groups in total. The first-order valence-electron chi connectivity index (χ1n) is 6.99. The molecule has 1 heterocycles. The van der Waals surface area contributed by atoms with Crippen molar-refractivity contribution in [3.63, 3.8) is 0 Å². The third-order valence-corrected chi connectivity index (χ3v) is 3.48. The molecule has 18 heavy (non-hydrogen) atoms. The van der Waals surface area contributed by atoms with E-state index in [0.717, 1.165) is 0 Å². The lowest BCUT2D eigenvalue weighted by atomic mass is 9.91. The molecule has 2 rings (SSSR count). The average molecular weight is 247 g/mol. The fraction of sp³-hybridized carbons (Fsp3) is 0.529. The average Bonchev–Trinajstić information content (AvgIpc) is 2.84. The van der Waals surface area contributed by atoms with Crippen molar-refractivity contribution in [1.82, 2.24) is 5.32 Å². The summed E-state index contributed by atoms with van der Waals surface area (Å²) in [5, 5.41) is 3.50. The van der Waals surface area contributed by atoms with E-state index in [-0.39, 0.29) is 0 Å². The molecule has 1 heteroatoms. The molecule has 0 radical (unpaired) electrons. The first-order chi connectivity index (χ1) is 8.68. The van der Waals surface area contributed by atoms with Gasteiger partial charge in [0.05, 0.1) is 0 Å². The maximum absolute atomic E-state index is 3.50. The minimum absolute atomic E-state index is 0.636. The highest BCUT2D eigenvalue weighted by Crippen LogP contribution is 2.28. The van der Waals surface area contributed by atoms with Gasteiger partial charge in [-0.05, 0) is 50.4 Å². The highest BCUT2D eigenvalue weighted by molar-refractivity contribution is 5.33. The Morgan fingerprint density at radius 3 is 2.17 bits per heavy atom.